The van der Waals surface area contributed by atoms with Gasteiger partial charge in [0.25, 0.3) is 0 Å². The highest BCUT2D eigenvalue weighted by Crippen LogP contribution is 2.33. The number of rotatable bonds is 6. The Morgan fingerprint density at radius 1 is 1.19 bits per heavy atom. The minimum atomic E-state index is -4.57. The molecule has 1 aromatic rings. The molecule has 122 valence electrons. The lowest BCUT2D eigenvalue weighted by Gasteiger charge is -2.13. The number of nitrogens with one attached hydrogen (secondary N) is 2. The molecule has 0 aliphatic rings. The first kappa shape index (κ1) is 20.2. The second-order valence-electron chi connectivity index (χ2n) is 4.33. The Morgan fingerprint density at radius 2 is 1.81 bits per heavy atom. The molecule has 0 unspecified atom stereocenters. The number of hydrogen-bond acceptors (Lipinski definition) is 3. The molecule has 0 heterocycles. The zero-order valence-corrected chi connectivity index (χ0v) is 13.3. The SMILES string of the molecule is CNCCCNS(=O)(=O)c1ccc(C)c(C(F)(F)F)c1.Cl. The number of aryl methyl sites for hydroxylation is 1. The third-order valence-corrected chi connectivity index (χ3v) is 4.18. The topological polar surface area (TPSA) is 58.2 Å². The summed E-state index contributed by atoms with van der Waals surface area (Å²) in [7, 11) is -2.19. The quantitative estimate of drug-likeness (QED) is 0.777. The summed E-state index contributed by atoms with van der Waals surface area (Å²) in [6.45, 7) is 2.07. The van der Waals surface area contributed by atoms with Crippen molar-refractivity contribution in [3.63, 3.8) is 0 Å². The van der Waals surface area contributed by atoms with Crippen molar-refractivity contribution in [2.24, 2.45) is 0 Å². The molecule has 0 atom stereocenters. The summed E-state index contributed by atoms with van der Waals surface area (Å²) in [5, 5.41) is 2.85. The predicted molar refractivity (Wildman–Crippen MR) is 77.2 cm³/mol. The molecule has 0 bridgehead atoms. The van der Waals surface area contributed by atoms with E-state index in [9.17, 15) is 21.6 Å². The summed E-state index contributed by atoms with van der Waals surface area (Å²) in [5.74, 6) is 0. The van der Waals surface area contributed by atoms with Gasteiger partial charge in [0.1, 0.15) is 0 Å². The Labute approximate surface area is 128 Å². The standard InChI is InChI=1S/C12H17F3N2O2S.ClH/c1-9-4-5-10(8-11(9)12(13,14)15)20(18,19)17-7-3-6-16-2;/h4-5,8,16-17H,3,6-7H2,1-2H3;1H. The molecule has 0 radical (unpaired) electrons. The molecule has 0 spiro atoms. The second kappa shape index (κ2) is 7.98. The predicted octanol–water partition coefficient (Wildman–Crippen LogP) is 2.32. The Balaban J connectivity index is 0.00000400. The molecule has 0 amide bonds. The first-order valence-electron chi connectivity index (χ1n) is 6.00. The molecule has 0 aliphatic carbocycles. The van der Waals surface area contributed by atoms with Gasteiger partial charge in [-0.05, 0) is 44.6 Å². The molecule has 4 nitrogen and oxygen atoms in total. The number of sulfonamides is 1. The van der Waals surface area contributed by atoms with E-state index in [0.717, 1.165) is 6.07 Å². The first-order valence-corrected chi connectivity index (χ1v) is 7.49. The van der Waals surface area contributed by atoms with Crippen LogP contribution in [0.15, 0.2) is 23.1 Å². The Morgan fingerprint density at radius 3 is 2.33 bits per heavy atom. The molecule has 1 rings (SSSR count). The van der Waals surface area contributed by atoms with E-state index < -0.39 is 21.8 Å². The fraction of sp³-hybridized carbons (Fsp3) is 0.500. The van der Waals surface area contributed by atoms with Crippen LogP contribution in [0.25, 0.3) is 0 Å². The van der Waals surface area contributed by atoms with Crippen molar-refractivity contribution in [2.45, 2.75) is 24.4 Å². The van der Waals surface area contributed by atoms with E-state index in [1.54, 1.807) is 7.05 Å². The maximum absolute atomic E-state index is 12.7. The van der Waals surface area contributed by atoms with Crippen molar-refractivity contribution < 1.29 is 21.6 Å². The maximum atomic E-state index is 12.7. The highest BCUT2D eigenvalue weighted by atomic mass is 35.5. The molecule has 1 aromatic carbocycles. The third-order valence-electron chi connectivity index (χ3n) is 2.72. The van der Waals surface area contributed by atoms with Gasteiger partial charge >= 0.3 is 6.18 Å². The smallest absolute Gasteiger partial charge is 0.320 e. The summed E-state index contributed by atoms with van der Waals surface area (Å²) in [5.41, 5.74) is -0.942. The van der Waals surface area contributed by atoms with Crippen LogP contribution in [0.1, 0.15) is 17.5 Å². The van der Waals surface area contributed by atoms with Crippen LogP contribution in [0, 0.1) is 6.92 Å². The zero-order valence-electron chi connectivity index (χ0n) is 11.6. The molecule has 0 saturated heterocycles. The Kier molecular flexibility index (Phi) is 7.66. The lowest BCUT2D eigenvalue weighted by Crippen LogP contribution is -2.27. The minimum Gasteiger partial charge on any atom is -0.320 e. The van der Waals surface area contributed by atoms with Gasteiger partial charge in [-0.2, -0.15) is 13.2 Å². The summed E-state index contributed by atoms with van der Waals surface area (Å²) >= 11 is 0. The average molecular weight is 347 g/mol. The van der Waals surface area contributed by atoms with E-state index >= 15 is 0 Å². The monoisotopic (exact) mass is 346 g/mol. The maximum Gasteiger partial charge on any atom is 0.416 e. The van der Waals surface area contributed by atoms with Crippen molar-refractivity contribution in [2.75, 3.05) is 20.1 Å². The van der Waals surface area contributed by atoms with Crippen LogP contribution in [0.4, 0.5) is 13.2 Å². The molecule has 21 heavy (non-hydrogen) atoms. The zero-order chi connectivity index (χ0) is 15.4. The fourth-order valence-corrected chi connectivity index (χ4v) is 2.73. The molecule has 0 fully saturated rings. The van der Waals surface area contributed by atoms with E-state index in [0.29, 0.717) is 19.0 Å². The van der Waals surface area contributed by atoms with Crippen LogP contribution in [-0.4, -0.2) is 28.6 Å². The normalized spacial score (nSPS) is 12.0. The molecular weight excluding hydrogens is 329 g/mol. The van der Waals surface area contributed by atoms with Crippen molar-refractivity contribution >= 4 is 22.4 Å². The fourth-order valence-electron chi connectivity index (χ4n) is 1.63. The average Bonchev–Trinajstić information content (AvgIpc) is 2.33. The molecular formula is C12H18ClF3N2O2S. The minimum absolute atomic E-state index is 0. The van der Waals surface area contributed by atoms with Gasteiger partial charge in [0.2, 0.25) is 10.0 Å². The van der Waals surface area contributed by atoms with Crippen LogP contribution in [0.3, 0.4) is 0 Å². The van der Waals surface area contributed by atoms with Crippen molar-refractivity contribution in [3.8, 4) is 0 Å². The molecule has 0 saturated carbocycles. The van der Waals surface area contributed by atoms with E-state index in [1.807, 2.05) is 0 Å². The van der Waals surface area contributed by atoms with Gasteiger partial charge in [0.15, 0.2) is 0 Å². The van der Waals surface area contributed by atoms with Gasteiger partial charge in [-0.15, -0.1) is 12.4 Å². The van der Waals surface area contributed by atoms with E-state index in [1.165, 1.54) is 13.0 Å². The van der Waals surface area contributed by atoms with Gasteiger partial charge in [-0.25, -0.2) is 13.1 Å². The van der Waals surface area contributed by atoms with Crippen LogP contribution in [-0.2, 0) is 16.2 Å². The number of benzene rings is 1. The third kappa shape index (κ3) is 5.82. The highest BCUT2D eigenvalue weighted by Gasteiger charge is 2.33. The van der Waals surface area contributed by atoms with Crippen molar-refractivity contribution in [1.29, 1.82) is 0 Å². The number of halogens is 4. The van der Waals surface area contributed by atoms with Gasteiger partial charge in [0.05, 0.1) is 10.5 Å². The van der Waals surface area contributed by atoms with Gasteiger partial charge in [0, 0.05) is 6.54 Å². The van der Waals surface area contributed by atoms with Gasteiger partial charge in [-0.1, -0.05) is 6.07 Å². The summed E-state index contributed by atoms with van der Waals surface area (Å²) < 4.78 is 64.3. The van der Waals surface area contributed by atoms with Crippen molar-refractivity contribution in [3.05, 3.63) is 29.3 Å². The van der Waals surface area contributed by atoms with E-state index in [4.69, 9.17) is 0 Å². The van der Waals surface area contributed by atoms with Crippen molar-refractivity contribution in [1.82, 2.24) is 10.0 Å². The van der Waals surface area contributed by atoms with Crippen LogP contribution < -0.4 is 10.0 Å². The summed E-state index contributed by atoms with van der Waals surface area (Å²) in [6, 6.07) is 2.99. The van der Waals surface area contributed by atoms with E-state index in [-0.39, 0.29) is 29.4 Å². The van der Waals surface area contributed by atoms with Crippen LogP contribution >= 0.6 is 12.4 Å². The summed E-state index contributed by atoms with van der Waals surface area (Å²) in [6.07, 6.45) is -4.02. The largest absolute Gasteiger partial charge is 0.416 e. The first-order chi connectivity index (χ1) is 9.18. The van der Waals surface area contributed by atoms with Gasteiger partial charge < -0.3 is 5.32 Å². The molecule has 0 aliphatic heterocycles. The number of alkyl halides is 3. The Bertz CT molecular complexity index is 562. The van der Waals surface area contributed by atoms with Gasteiger partial charge in [-0.3, -0.25) is 0 Å². The molecule has 0 aromatic heterocycles. The van der Waals surface area contributed by atoms with Crippen LogP contribution in [0.2, 0.25) is 0 Å². The summed E-state index contributed by atoms with van der Waals surface area (Å²) in [4.78, 5) is -0.375. The second-order valence-corrected chi connectivity index (χ2v) is 6.10. The van der Waals surface area contributed by atoms with E-state index in [2.05, 4.69) is 10.0 Å². The highest BCUT2D eigenvalue weighted by molar-refractivity contribution is 7.89. The Hall–Kier alpha value is -0.830. The molecule has 9 heteroatoms. The molecule has 2 N–H and O–H groups in total. The lowest BCUT2D eigenvalue weighted by molar-refractivity contribution is -0.138. The lowest BCUT2D eigenvalue weighted by atomic mass is 10.1. The number of hydrogen-bond donors (Lipinski definition) is 2. The van der Waals surface area contributed by atoms with Crippen LogP contribution in [0.5, 0.6) is 0 Å².